The number of nitrogens with one attached hydrogen (secondary N) is 2. The van der Waals surface area contributed by atoms with Gasteiger partial charge in [-0.25, -0.2) is 4.99 Å². The summed E-state index contributed by atoms with van der Waals surface area (Å²) in [5.41, 5.74) is 1.28. The second-order valence-corrected chi connectivity index (χ2v) is 5.91. The van der Waals surface area contributed by atoms with Crippen LogP contribution < -0.4 is 10.6 Å². The first-order chi connectivity index (χ1) is 9.83. The van der Waals surface area contributed by atoms with E-state index < -0.39 is 0 Å². The maximum absolute atomic E-state index is 4.65. The molecule has 0 aromatic carbocycles. The van der Waals surface area contributed by atoms with Crippen LogP contribution in [0.3, 0.4) is 0 Å². The van der Waals surface area contributed by atoms with Gasteiger partial charge in [0.25, 0.3) is 0 Å². The molecule has 1 fully saturated rings. The van der Waals surface area contributed by atoms with Gasteiger partial charge in [-0.1, -0.05) is 6.92 Å². The van der Waals surface area contributed by atoms with Gasteiger partial charge in [0, 0.05) is 19.1 Å². The van der Waals surface area contributed by atoms with Gasteiger partial charge in [-0.2, -0.15) is 11.3 Å². The van der Waals surface area contributed by atoms with Crippen LogP contribution in [0.1, 0.15) is 32.3 Å². The first kappa shape index (κ1) is 18.7. The predicted octanol–water partition coefficient (Wildman–Crippen LogP) is 2.91. The third-order valence-corrected chi connectivity index (χ3v) is 4.49. The van der Waals surface area contributed by atoms with E-state index in [2.05, 4.69) is 51.2 Å². The van der Waals surface area contributed by atoms with E-state index in [9.17, 15) is 0 Å². The Morgan fingerprint density at radius 1 is 1.43 bits per heavy atom. The first-order valence-corrected chi connectivity index (χ1v) is 8.55. The van der Waals surface area contributed by atoms with Gasteiger partial charge in [0.1, 0.15) is 0 Å². The summed E-state index contributed by atoms with van der Waals surface area (Å²) in [4.78, 5) is 7.20. The highest BCUT2D eigenvalue weighted by molar-refractivity contribution is 14.0. The van der Waals surface area contributed by atoms with E-state index in [-0.39, 0.29) is 24.0 Å². The van der Waals surface area contributed by atoms with Gasteiger partial charge in [-0.3, -0.25) is 4.90 Å². The van der Waals surface area contributed by atoms with E-state index in [1.165, 1.54) is 24.9 Å². The number of hydrogen-bond donors (Lipinski definition) is 2. The Morgan fingerprint density at radius 2 is 2.29 bits per heavy atom. The molecule has 1 unspecified atom stereocenters. The number of halogens is 1. The summed E-state index contributed by atoms with van der Waals surface area (Å²) >= 11 is 1.72. The van der Waals surface area contributed by atoms with Gasteiger partial charge in [-0.15, -0.1) is 24.0 Å². The number of aliphatic imine (C=N–C) groups is 1. The van der Waals surface area contributed by atoms with Crippen molar-refractivity contribution in [1.82, 2.24) is 15.5 Å². The Balaban J connectivity index is 0.00000220. The van der Waals surface area contributed by atoms with Crippen LogP contribution in [0.5, 0.6) is 0 Å². The van der Waals surface area contributed by atoms with Crippen LogP contribution in [0, 0.1) is 0 Å². The van der Waals surface area contributed by atoms with Crippen LogP contribution in [0.4, 0.5) is 0 Å². The highest BCUT2D eigenvalue weighted by Crippen LogP contribution is 2.15. The van der Waals surface area contributed by atoms with Crippen molar-refractivity contribution in [2.24, 2.45) is 4.99 Å². The molecule has 2 rings (SSSR count). The van der Waals surface area contributed by atoms with E-state index in [0.29, 0.717) is 6.04 Å². The lowest BCUT2D eigenvalue weighted by molar-refractivity contribution is 0.267. The maximum Gasteiger partial charge on any atom is 0.191 e. The van der Waals surface area contributed by atoms with Gasteiger partial charge in [0.15, 0.2) is 5.96 Å². The van der Waals surface area contributed by atoms with E-state index >= 15 is 0 Å². The summed E-state index contributed by atoms with van der Waals surface area (Å²) < 4.78 is 0. The first-order valence-electron chi connectivity index (χ1n) is 7.60. The zero-order valence-corrected chi connectivity index (χ0v) is 16.1. The molecule has 0 bridgehead atoms. The zero-order valence-electron chi connectivity index (χ0n) is 13.0. The Kier molecular flexibility index (Phi) is 9.26. The summed E-state index contributed by atoms with van der Waals surface area (Å²) in [5.74, 6) is 0.932. The van der Waals surface area contributed by atoms with Crippen LogP contribution in [-0.2, 0) is 6.54 Å². The molecule has 1 aromatic heterocycles. The van der Waals surface area contributed by atoms with Crippen molar-refractivity contribution in [3.05, 3.63) is 22.4 Å². The van der Waals surface area contributed by atoms with Crippen LogP contribution in [0.25, 0.3) is 0 Å². The lowest BCUT2D eigenvalue weighted by Crippen LogP contribution is -2.44. The van der Waals surface area contributed by atoms with Crippen LogP contribution in [0.15, 0.2) is 21.8 Å². The van der Waals surface area contributed by atoms with Crippen molar-refractivity contribution in [2.75, 3.05) is 26.2 Å². The minimum atomic E-state index is 0. The minimum absolute atomic E-state index is 0. The average Bonchev–Trinajstić information content (AvgIpc) is 3.12. The molecule has 0 spiro atoms. The third kappa shape index (κ3) is 6.12. The quantitative estimate of drug-likeness (QED) is 0.421. The van der Waals surface area contributed by atoms with Crippen molar-refractivity contribution in [3.63, 3.8) is 0 Å². The molecule has 0 aliphatic carbocycles. The summed E-state index contributed by atoms with van der Waals surface area (Å²) in [7, 11) is 0. The molecule has 2 heterocycles. The minimum Gasteiger partial charge on any atom is -0.357 e. The Morgan fingerprint density at radius 3 is 2.95 bits per heavy atom. The number of rotatable bonds is 6. The molecular formula is C15H27IN4S. The number of thiophene rings is 1. The Hall–Kier alpha value is -0.340. The second-order valence-electron chi connectivity index (χ2n) is 5.13. The molecular weight excluding hydrogens is 395 g/mol. The van der Waals surface area contributed by atoms with Crippen molar-refractivity contribution >= 4 is 41.3 Å². The molecule has 6 heteroatoms. The van der Waals surface area contributed by atoms with Gasteiger partial charge in [0.05, 0.1) is 6.54 Å². The topological polar surface area (TPSA) is 39.7 Å². The smallest absolute Gasteiger partial charge is 0.191 e. The normalized spacial score (nSPS) is 19.3. The molecule has 1 aromatic rings. The summed E-state index contributed by atoms with van der Waals surface area (Å²) in [6, 6.07) is 2.79. The van der Waals surface area contributed by atoms with Crippen molar-refractivity contribution in [2.45, 2.75) is 39.3 Å². The monoisotopic (exact) mass is 422 g/mol. The Labute approximate surface area is 149 Å². The van der Waals surface area contributed by atoms with Crippen LogP contribution in [-0.4, -0.2) is 43.1 Å². The van der Waals surface area contributed by atoms with Crippen molar-refractivity contribution in [1.29, 1.82) is 0 Å². The molecule has 1 atom stereocenters. The fourth-order valence-electron chi connectivity index (χ4n) is 2.65. The molecule has 1 saturated heterocycles. The number of likely N-dealkylation sites (tertiary alicyclic amines) is 1. The van der Waals surface area contributed by atoms with E-state index in [4.69, 9.17) is 0 Å². The van der Waals surface area contributed by atoms with Crippen molar-refractivity contribution in [3.8, 4) is 0 Å². The molecule has 0 amide bonds. The van der Waals surface area contributed by atoms with Gasteiger partial charge in [-0.05, 0) is 55.2 Å². The van der Waals surface area contributed by atoms with Crippen LogP contribution in [0.2, 0.25) is 0 Å². The summed E-state index contributed by atoms with van der Waals surface area (Å²) in [6.45, 7) is 9.38. The fourth-order valence-corrected chi connectivity index (χ4v) is 3.31. The van der Waals surface area contributed by atoms with Gasteiger partial charge in [0.2, 0.25) is 0 Å². The molecule has 21 heavy (non-hydrogen) atoms. The van der Waals surface area contributed by atoms with E-state index in [0.717, 1.165) is 32.1 Å². The largest absolute Gasteiger partial charge is 0.357 e. The number of hydrogen-bond acceptors (Lipinski definition) is 3. The molecule has 0 radical (unpaired) electrons. The van der Waals surface area contributed by atoms with Crippen LogP contribution >= 0.6 is 35.3 Å². The number of nitrogens with zero attached hydrogens (tertiary/aromatic N) is 2. The molecule has 4 nitrogen and oxygen atoms in total. The van der Waals surface area contributed by atoms with E-state index in [1.807, 2.05) is 0 Å². The molecule has 1 aliphatic heterocycles. The fraction of sp³-hybridized carbons (Fsp3) is 0.667. The summed E-state index contributed by atoms with van der Waals surface area (Å²) in [6.07, 6.45) is 2.62. The van der Waals surface area contributed by atoms with E-state index in [1.54, 1.807) is 11.3 Å². The molecule has 1 aliphatic rings. The zero-order chi connectivity index (χ0) is 14.2. The SMILES string of the molecule is CCNC(=NCc1ccsc1)NCC1CCCN1CC.I. The predicted molar refractivity (Wildman–Crippen MR) is 103 cm³/mol. The number of likely N-dealkylation sites (N-methyl/N-ethyl adjacent to an activating group) is 1. The summed E-state index contributed by atoms with van der Waals surface area (Å²) in [5, 5.41) is 11.1. The standard InChI is InChI=1S/C15H26N4S.HI/c1-3-16-15(17-10-13-7-9-20-12-13)18-11-14-6-5-8-19(14)4-2;/h7,9,12,14H,3-6,8,10-11H2,1-2H3,(H2,16,17,18);1H. The molecule has 0 saturated carbocycles. The lowest BCUT2D eigenvalue weighted by Gasteiger charge is -2.23. The second kappa shape index (κ2) is 10.4. The molecule has 120 valence electrons. The average molecular weight is 422 g/mol. The number of guanidine groups is 1. The third-order valence-electron chi connectivity index (χ3n) is 3.75. The highest BCUT2D eigenvalue weighted by Gasteiger charge is 2.22. The maximum atomic E-state index is 4.65. The highest BCUT2D eigenvalue weighted by atomic mass is 127. The Bertz CT molecular complexity index is 408. The van der Waals surface area contributed by atoms with Crippen molar-refractivity contribution < 1.29 is 0 Å². The lowest BCUT2D eigenvalue weighted by atomic mass is 10.2. The molecule has 2 N–H and O–H groups in total. The van der Waals surface area contributed by atoms with Gasteiger partial charge >= 0.3 is 0 Å². The van der Waals surface area contributed by atoms with Gasteiger partial charge < -0.3 is 10.6 Å².